The van der Waals surface area contributed by atoms with Crippen LogP contribution in [-0.4, -0.2) is 17.6 Å². The normalized spacial score (nSPS) is 12.2. The van der Waals surface area contributed by atoms with E-state index < -0.39 is 11.7 Å². The first-order valence-electron chi connectivity index (χ1n) is 6.76. The molecule has 2 rings (SSSR count). The van der Waals surface area contributed by atoms with E-state index in [1.807, 2.05) is 20.8 Å². The van der Waals surface area contributed by atoms with Crippen molar-refractivity contribution < 1.29 is 13.7 Å². The van der Waals surface area contributed by atoms with E-state index in [1.165, 1.54) is 6.07 Å². The maximum Gasteiger partial charge on any atom is 0.253 e. The van der Waals surface area contributed by atoms with Gasteiger partial charge in [-0.25, -0.2) is 4.39 Å². The summed E-state index contributed by atoms with van der Waals surface area (Å²) in [7, 11) is 0. The topological polar surface area (TPSA) is 81.2 Å². The van der Waals surface area contributed by atoms with Crippen LogP contribution in [0, 0.1) is 19.7 Å². The summed E-state index contributed by atoms with van der Waals surface area (Å²) in [5.74, 6) is -0.470. The van der Waals surface area contributed by atoms with E-state index in [9.17, 15) is 9.18 Å². The van der Waals surface area contributed by atoms with Crippen molar-refractivity contribution in [3.8, 4) is 0 Å². The quantitative estimate of drug-likeness (QED) is 0.846. The predicted molar refractivity (Wildman–Crippen MR) is 82.5 cm³/mol. The number of aromatic nitrogens is 1. The standard InChI is InChI=1S/C15H17ClFN3O2/c1-7(13-8(2)20-22-9(13)3)6-19-15(21)11-4-10(16)5-12(17)14(11)18/h4-5,7H,6,18H2,1-3H3,(H,19,21). The van der Waals surface area contributed by atoms with Crippen LogP contribution < -0.4 is 11.1 Å². The van der Waals surface area contributed by atoms with Gasteiger partial charge in [-0.3, -0.25) is 4.79 Å². The van der Waals surface area contributed by atoms with Crippen LogP contribution in [0.2, 0.25) is 5.02 Å². The van der Waals surface area contributed by atoms with Gasteiger partial charge < -0.3 is 15.6 Å². The van der Waals surface area contributed by atoms with Crippen LogP contribution in [-0.2, 0) is 0 Å². The molecule has 5 nitrogen and oxygen atoms in total. The summed E-state index contributed by atoms with van der Waals surface area (Å²) in [4.78, 5) is 12.2. The Morgan fingerprint density at radius 2 is 2.18 bits per heavy atom. The summed E-state index contributed by atoms with van der Waals surface area (Å²) in [6, 6.07) is 2.41. The number of nitrogens with one attached hydrogen (secondary N) is 1. The molecule has 1 aromatic carbocycles. The van der Waals surface area contributed by atoms with Crippen molar-refractivity contribution in [1.29, 1.82) is 0 Å². The molecule has 0 aliphatic carbocycles. The van der Waals surface area contributed by atoms with E-state index in [0.717, 1.165) is 17.3 Å². The minimum atomic E-state index is -0.712. The first-order chi connectivity index (χ1) is 10.3. The summed E-state index contributed by atoms with van der Waals surface area (Å²) < 4.78 is 18.6. The summed E-state index contributed by atoms with van der Waals surface area (Å²) in [5, 5.41) is 6.73. The molecule has 7 heteroatoms. The number of benzene rings is 1. The Labute approximate surface area is 132 Å². The number of hydrogen-bond donors (Lipinski definition) is 2. The third kappa shape index (κ3) is 3.22. The van der Waals surface area contributed by atoms with E-state index in [-0.39, 0.29) is 22.2 Å². The zero-order valence-electron chi connectivity index (χ0n) is 12.5. The third-order valence-electron chi connectivity index (χ3n) is 3.49. The fourth-order valence-corrected chi connectivity index (χ4v) is 2.61. The average Bonchev–Trinajstić information content (AvgIpc) is 2.79. The van der Waals surface area contributed by atoms with Crippen molar-refractivity contribution in [2.75, 3.05) is 12.3 Å². The van der Waals surface area contributed by atoms with Crippen molar-refractivity contribution in [3.63, 3.8) is 0 Å². The van der Waals surface area contributed by atoms with E-state index in [0.29, 0.717) is 12.3 Å². The van der Waals surface area contributed by atoms with Gasteiger partial charge in [0.25, 0.3) is 5.91 Å². The van der Waals surface area contributed by atoms with E-state index in [1.54, 1.807) is 0 Å². The average molecular weight is 326 g/mol. The van der Waals surface area contributed by atoms with Crippen LogP contribution in [0.3, 0.4) is 0 Å². The molecule has 0 fully saturated rings. The molecule has 3 N–H and O–H groups in total. The van der Waals surface area contributed by atoms with E-state index in [4.69, 9.17) is 21.9 Å². The lowest BCUT2D eigenvalue weighted by Crippen LogP contribution is -2.28. The highest BCUT2D eigenvalue weighted by Gasteiger charge is 2.19. The number of amides is 1. The second-order valence-electron chi connectivity index (χ2n) is 5.20. The lowest BCUT2D eigenvalue weighted by atomic mass is 9.99. The molecule has 0 radical (unpaired) electrons. The highest BCUT2D eigenvalue weighted by atomic mass is 35.5. The van der Waals surface area contributed by atoms with Gasteiger partial charge in [0.2, 0.25) is 0 Å². The largest absolute Gasteiger partial charge is 0.396 e. The molecule has 118 valence electrons. The van der Waals surface area contributed by atoms with Gasteiger partial charge in [0.1, 0.15) is 11.6 Å². The molecule has 0 aliphatic rings. The first kappa shape index (κ1) is 16.3. The number of halogens is 2. The molecule has 1 heterocycles. The molecule has 1 aromatic heterocycles. The number of hydrogen-bond acceptors (Lipinski definition) is 4. The monoisotopic (exact) mass is 325 g/mol. The lowest BCUT2D eigenvalue weighted by molar-refractivity contribution is 0.0952. The number of carbonyl (C=O) groups excluding carboxylic acids is 1. The fraction of sp³-hybridized carbons (Fsp3) is 0.333. The van der Waals surface area contributed by atoms with Gasteiger partial charge in [0, 0.05) is 23.0 Å². The summed E-state index contributed by atoms with van der Waals surface area (Å²) in [5.41, 5.74) is 7.12. The van der Waals surface area contributed by atoms with Gasteiger partial charge in [-0.1, -0.05) is 23.7 Å². The number of nitrogens with two attached hydrogens (primary N) is 1. The molecule has 0 aliphatic heterocycles. The number of nitrogens with zero attached hydrogens (tertiary/aromatic N) is 1. The van der Waals surface area contributed by atoms with Crippen molar-refractivity contribution in [2.24, 2.45) is 0 Å². The lowest BCUT2D eigenvalue weighted by Gasteiger charge is -2.13. The minimum absolute atomic E-state index is 0.000422. The van der Waals surface area contributed by atoms with Gasteiger partial charge in [-0.2, -0.15) is 0 Å². The highest BCUT2D eigenvalue weighted by Crippen LogP contribution is 2.24. The Balaban J connectivity index is 2.11. The molecule has 1 unspecified atom stereocenters. The molecule has 0 spiro atoms. The summed E-state index contributed by atoms with van der Waals surface area (Å²) in [6.07, 6.45) is 0. The van der Waals surface area contributed by atoms with Gasteiger partial charge in [0.05, 0.1) is 16.9 Å². The van der Waals surface area contributed by atoms with Gasteiger partial charge in [0.15, 0.2) is 0 Å². The van der Waals surface area contributed by atoms with Crippen LogP contribution >= 0.6 is 11.6 Å². The number of carbonyl (C=O) groups is 1. The van der Waals surface area contributed by atoms with Crippen LogP contribution in [0.25, 0.3) is 0 Å². The van der Waals surface area contributed by atoms with Crippen molar-refractivity contribution in [2.45, 2.75) is 26.7 Å². The number of anilines is 1. The molecule has 2 aromatic rings. The first-order valence-corrected chi connectivity index (χ1v) is 7.14. The molecule has 0 saturated heterocycles. The zero-order valence-corrected chi connectivity index (χ0v) is 13.3. The smallest absolute Gasteiger partial charge is 0.253 e. The highest BCUT2D eigenvalue weighted by molar-refractivity contribution is 6.31. The number of nitrogen functional groups attached to an aromatic ring is 1. The van der Waals surface area contributed by atoms with Crippen LogP contribution in [0.5, 0.6) is 0 Å². The maximum atomic E-state index is 13.5. The van der Waals surface area contributed by atoms with Crippen molar-refractivity contribution in [3.05, 3.63) is 45.6 Å². The predicted octanol–water partition coefficient (Wildman–Crippen LogP) is 3.20. The van der Waals surface area contributed by atoms with Crippen molar-refractivity contribution >= 4 is 23.2 Å². The third-order valence-corrected chi connectivity index (χ3v) is 3.71. The summed E-state index contributed by atoms with van der Waals surface area (Å²) >= 11 is 5.76. The molecular formula is C15H17ClFN3O2. The van der Waals surface area contributed by atoms with Crippen LogP contribution in [0.4, 0.5) is 10.1 Å². The molecule has 1 atom stereocenters. The molecular weight excluding hydrogens is 309 g/mol. The van der Waals surface area contributed by atoms with E-state index >= 15 is 0 Å². The molecule has 0 bridgehead atoms. The van der Waals surface area contributed by atoms with Crippen LogP contribution in [0.1, 0.15) is 40.2 Å². The molecule has 1 amide bonds. The Morgan fingerprint density at radius 3 is 2.77 bits per heavy atom. The van der Waals surface area contributed by atoms with Gasteiger partial charge in [-0.05, 0) is 26.0 Å². The Hall–Kier alpha value is -2.08. The summed E-state index contributed by atoms with van der Waals surface area (Å²) in [6.45, 7) is 5.94. The number of aryl methyl sites for hydroxylation is 2. The molecule has 22 heavy (non-hydrogen) atoms. The van der Waals surface area contributed by atoms with Gasteiger partial charge >= 0.3 is 0 Å². The minimum Gasteiger partial charge on any atom is -0.396 e. The maximum absolute atomic E-state index is 13.5. The molecule has 0 saturated carbocycles. The Kier molecular flexibility index (Phi) is 4.71. The van der Waals surface area contributed by atoms with Crippen molar-refractivity contribution in [1.82, 2.24) is 10.5 Å². The van der Waals surface area contributed by atoms with E-state index in [2.05, 4.69) is 10.5 Å². The second kappa shape index (κ2) is 6.36. The van der Waals surface area contributed by atoms with Crippen LogP contribution in [0.15, 0.2) is 16.7 Å². The Bertz CT molecular complexity index is 696. The SMILES string of the molecule is Cc1noc(C)c1C(C)CNC(=O)c1cc(Cl)cc(F)c1N. The second-order valence-corrected chi connectivity index (χ2v) is 5.63. The zero-order chi connectivity index (χ0) is 16.4. The fourth-order valence-electron chi connectivity index (χ4n) is 2.41. The Morgan fingerprint density at radius 1 is 1.50 bits per heavy atom. The van der Waals surface area contributed by atoms with Gasteiger partial charge in [-0.15, -0.1) is 0 Å². The number of rotatable bonds is 4.